The lowest BCUT2D eigenvalue weighted by atomic mass is 10.0. The Bertz CT molecular complexity index is 964. The third kappa shape index (κ3) is 4.12. The van der Waals surface area contributed by atoms with Crippen molar-refractivity contribution in [3.8, 4) is 5.69 Å². The third-order valence-corrected chi connectivity index (χ3v) is 4.80. The first kappa shape index (κ1) is 18.5. The number of nitrogens with one attached hydrogen (secondary N) is 1. The lowest BCUT2D eigenvalue weighted by molar-refractivity contribution is -0.137. The molecule has 2 aromatic heterocycles. The van der Waals surface area contributed by atoms with Crippen LogP contribution in [0.2, 0.25) is 0 Å². The summed E-state index contributed by atoms with van der Waals surface area (Å²) in [5.74, 6) is -1.79. The van der Waals surface area contributed by atoms with Gasteiger partial charge in [0.2, 0.25) is 5.78 Å². The number of nitrogens with zero attached hydrogens (tertiary/aromatic N) is 2. The van der Waals surface area contributed by atoms with Crippen LogP contribution in [-0.4, -0.2) is 33.2 Å². The second kappa shape index (κ2) is 7.96. The number of Topliss-reactive ketones (excluding diaryl/α,β-unsaturated/α-hetero) is 1. The van der Waals surface area contributed by atoms with Crippen LogP contribution >= 0.6 is 11.3 Å². The second-order valence-corrected chi connectivity index (χ2v) is 6.73. The Balaban J connectivity index is 1.88. The Morgan fingerprint density at radius 3 is 2.59 bits per heavy atom. The number of aryl methyl sites for hydroxylation is 1. The molecule has 0 fully saturated rings. The highest BCUT2D eigenvalue weighted by atomic mass is 32.1. The SMILES string of the molecule is Cc1ncc(C(=O)NC(Cc2ccsc2)C(=O)C(N)=O)n1-c1ccccc1. The van der Waals surface area contributed by atoms with Gasteiger partial charge in [0.25, 0.3) is 11.8 Å². The summed E-state index contributed by atoms with van der Waals surface area (Å²) in [5, 5.41) is 6.34. The molecule has 1 aromatic carbocycles. The molecule has 7 nitrogen and oxygen atoms in total. The average molecular weight is 382 g/mol. The predicted octanol–water partition coefficient (Wildman–Crippen LogP) is 1.64. The number of aromatic nitrogens is 2. The van der Waals surface area contributed by atoms with Crippen molar-refractivity contribution in [3.05, 3.63) is 70.4 Å². The Morgan fingerprint density at radius 1 is 1.22 bits per heavy atom. The number of benzene rings is 1. The van der Waals surface area contributed by atoms with Gasteiger partial charge in [-0.25, -0.2) is 4.98 Å². The van der Waals surface area contributed by atoms with Crippen LogP contribution in [0.5, 0.6) is 0 Å². The number of hydrogen-bond donors (Lipinski definition) is 2. The normalized spacial score (nSPS) is 11.7. The van der Waals surface area contributed by atoms with E-state index in [1.54, 1.807) is 11.5 Å². The molecular weight excluding hydrogens is 364 g/mol. The van der Waals surface area contributed by atoms with Gasteiger partial charge in [-0.1, -0.05) is 18.2 Å². The molecule has 2 heterocycles. The molecule has 27 heavy (non-hydrogen) atoms. The summed E-state index contributed by atoms with van der Waals surface area (Å²) in [6.07, 6.45) is 1.63. The van der Waals surface area contributed by atoms with Crippen LogP contribution in [0.3, 0.4) is 0 Å². The maximum atomic E-state index is 12.8. The van der Waals surface area contributed by atoms with E-state index < -0.39 is 23.6 Å². The fourth-order valence-corrected chi connectivity index (χ4v) is 3.45. The molecule has 2 amide bonds. The van der Waals surface area contributed by atoms with Crippen molar-refractivity contribution >= 4 is 28.9 Å². The van der Waals surface area contributed by atoms with E-state index in [1.807, 2.05) is 47.2 Å². The number of ketones is 1. The maximum Gasteiger partial charge on any atom is 0.287 e. The van der Waals surface area contributed by atoms with E-state index in [9.17, 15) is 14.4 Å². The fraction of sp³-hybridized carbons (Fsp3) is 0.158. The lowest BCUT2D eigenvalue weighted by Gasteiger charge is -2.17. The highest BCUT2D eigenvalue weighted by molar-refractivity contribution is 7.07. The second-order valence-electron chi connectivity index (χ2n) is 5.95. The number of thiophene rings is 1. The summed E-state index contributed by atoms with van der Waals surface area (Å²) in [5.41, 5.74) is 7.03. The molecule has 0 bridgehead atoms. The van der Waals surface area contributed by atoms with E-state index in [-0.39, 0.29) is 12.1 Å². The van der Waals surface area contributed by atoms with Crippen molar-refractivity contribution in [1.29, 1.82) is 0 Å². The number of hydrogen-bond acceptors (Lipinski definition) is 5. The van der Waals surface area contributed by atoms with Crippen LogP contribution < -0.4 is 11.1 Å². The first-order chi connectivity index (χ1) is 13.0. The Morgan fingerprint density at radius 2 is 1.96 bits per heavy atom. The molecule has 0 aliphatic rings. The van der Waals surface area contributed by atoms with Gasteiger partial charge < -0.3 is 11.1 Å². The molecule has 0 aliphatic heterocycles. The van der Waals surface area contributed by atoms with E-state index in [0.717, 1.165) is 11.3 Å². The van der Waals surface area contributed by atoms with E-state index in [4.69, 9.17) is 5.73 Å². The van der Waals surface area contributed by atoms with Gasteiger partial charge in [-0.05, 0) is 41.4 Å². The largest absolute Gasteiger partial charge is 0.363 e. The Kier molecular flexibility index (Phi) is 5.46. The molecule has 0 radical (unpaired) electrons. The minimum Gasteiger partial charge on any atom is -0.363 e. The highest BCUT2D eigenvalue weighted by Gasteiger charge is 2.27. The number of imidazole rings is 1. The van der Waals surface area contributed by atoms with Crippen LogP contribution in [0.1, 0.15) is 21.9 Å². The number of para-hydroxylation sites is 1. The van der Waals surface area contributed by atoms with Gasteiger partial charge in [-0.2, -0.15) is 11.3 Å². The van der Waals surface area contributed by atoms with E-state index in [2.05, 4.69) is 10.3 Å². The van der Waals surface area contributed by atoms with Gasteiger partial charge in [0, 0.05) is 12.1 Å². The van der Waals surface area contributed by atoms with E-state index in [0.29, 0.717) is 5.82 Å². The van der Waals surface area contributed by atoms with Gasteiger partial charge >= 0.3 is 0 Å². The average Bonchev–Trinajstić information content (AvgIpc) is 3.30. The van der Waals surface area contributed by atoms with Crippen molar-refractivity contribution in [2.45, 2.75) is 19.4 Å². The number of primary amides is 1. The van der Waals surface area contributed by atoms with Crippen LogP contribution in [0.4, 0.5) is 0 Å². The van der Waals surface area contributed by atoms with Gasteiger partial charge in [-0.15, -0.1) is 0 Å². The Labute approximate surface area is 159 Å². The summed E-state index contributed by atoms with van der Waals surface area (Å²) in [7, 11) is 0. The molecule has 8 heteroatoms. The van der Waals surface area contributed by atoms with Crippen molar-refractivity contribution in [2.75, 3.05) is 0 Å². The van der Waals surface area contributed by atoms with E-state index >= 15 is 0 Å². The summed E-state index contributed by atoms with van der Waals surface area (Å²) < 4.78 is 1.69. The summed E-state index contributed by atoms with van der Waals surface area (Å²) in [6, 6.07) is 10.1. The Hall–Kier alpha value is -3.26. The number of carbonyl (C=O) groups is 3. The van der Waals surface area contributed by atoms with Crippen molar-refractivity contribution in [3.63, 3.8) is 0 Å². The van der Waals surface area contributed by atoms with Gasteiger partial charge in [-0.3, -0.25) is 19.0 Å². The van der Waals surface area contributed by atoms with E-state index in [1.165, 1.54) is 17.5 Å². The minimum absolute atomic E-state index is 0.190. The topological polar surface area (TPSA) is 107 Å². The molecule has 138 valence electrons. The number of rotatable bonds is 7. The molecule has 3 N–H and O–H groups in total. The molecule has 3 aromatic rings. The third-order valence-electron chi connectivity index (χ3n) is 4.07. The standard InChI is InChI=1S/C19H18N4O3S/c1-12-21-10-16(23(12)14-5-3-2-4-6-14)19(26)22-15(17(24)18(20)25)9-13-7-8-27-11-13/h2-8,10-11,15H,9H2,1H3,(H2,20,25)(H,22,26). The van der Waals surface area contributed by atoms with Gasteiger partial charge in [0.05, 0.1) is 6.20 Å². The van der Waals surface area contributed by atoms with Gasteiger partial charge in [0.1, 0.15) is 17.6 Å². The van der Waals surface area contributed by atoms with Crippen molar-refractivity contribution in [1.82, 2.24) is 14.9 Å². The quantitative estimate of drug-likeness (QED) is 0.606. The zero-order valence-electron chi connectivity index (χ0n) is 14.6. The van der Waals surface area contributed by atoms with Crippen LogP contribution in [0.15, 0.2) is 53.4 Å². The van der Waals surface area contributed by atoms with Crippen LogP contribution in [0.25, 0.3) is 5.69 Å². The van der Waals surface area contributed by atoms with Gasteiger partial charge in [0.15, 0.2) is 0 Å². The van der Waals surface area contributed by atoms with Crippen molar-refractivity contribution in [2.24, 2.45) is 5.73 Å². The molecule has 0 aliphatic carbocycles. The summed E-state index contributed by atoms with van der Waals surface area (Å²) in [6.45, 7) is 1.78. The molecule has 0 spiro atoms. The minimum atomic E-state index is -1.08. The number of carbonyl (C=O) groups excluding carboxylic acids is 3. The summed E-state index contributed by atoms with van der Waals surface area (Å²) in [4.78, 5) is 40.6. The number of amides is 2. The van der Waals surface area contributed by atoms with Crippen LogP contribution in [-0.2, 0) is 16.0 Å². The van der Waals surface area contributed by atoms with Crippen molar-refractivity contribution < 1.29 is 14.4 Å². The fourth-order valence-electron chi connectivity index (χ4n) is 2.77. The maximum absolute atomic E-state index is 12.8. The first-order valence-electron chi connectivity index (χ1n) is 8.22. The predicted molar refractivity (Wildman–Crippen MR) is 102 cm³/mol. The molecule has 1 unspecified atom stereocenters. The monoisotopic (exact) mass is 382 g/mol. The number of nitrogens with two attached hydrogens (primary N) is 1. The molecule has 0 saturated carbocycles. The smallest absolute Gasteiger partial charge is 0.287 e. The van der Waals surface area contributed by atoms with Crippen LogP contribution in [0, 0.1) is 6.92 Å². The zero-order chi connectivity index (χ0) is 19.4. The lowest BCUT2D eigenvalue weighted by Crippen LogP contribution is -2.47. The molecule has 0 saturated heterocycles. The molecule has 1 atom stereocenters. The summed E-state index contributed by atoms with van der Waals surface area (Å²) >= 11 is 1.47. The first-order valence-corrected chi connectivity index (χ1v) is 9.17. The molecular formula is C19H18N4O3S. The zero-order valence-corrected chi connectivity index (χ0v) is 15.4. The highest BCUT2D eigenvalue weighted by Crippen LogP contribution is 2.15. The molecule has 3 rings (SSSR count).